The summed E-state index contributed by atoms with van der Waals surface area (Å²) in [4.78, 5) is 0. The van der Waals surface area contributed by atoms with Crippen LogP contribution in [0.3, 0.4) is 0 Å². The second-order valence-electron chi connectivity index (χ2n) is 5.11. The van der Waals surface area contributed by atoms with E-state index in [9.17, 15) is 5.11 Å². The minimum absolute atomic E-state index is 0.168. The zero-order chi connectivity index (χ0) is 12.5. The molecule has 0 saturated heterocycles. The maximum Gasteiger partial charge on any atom is 0.0867 e. The van der Waals surface area contributed by atoms with Gasteiger partial charge < -0.3 is 10.4 Å². The van der Waals surface area contributed by atoms with Crippen LogP contribution in [0.2, 0.25) is 0 Å². The third-order valence-corrected chi connectivity index (χ3v) is 4.16. The average Bonchev–Trinajstić information content (AvgIpc) is 2.71. The number of thiophene rings is 1. The van der Waals surface area contributed by atoms with E-state index in [1.807, 2.05) is 19.2 Å². The van der Waals surface area contributed by atoms with E-state index in [2.05, 4.69) is 36.7 Å². The van der Waals surface area contributed by atoms with Crippen LogP contribution < -0.4 is 5.32 Å². The Morgan fingerprint density at radius 1 is 1.35 bits per heavy atom. The predicted molar refractivity (Wildman–Crippen MR) is 74.5 cm³/mol. The molecular weight excluding hydrogens is 230 g/mol. The molecule has 1 atom stereocenters. The van der Waals surface area contributed by atoms with Crippen molar-refractivity contribution >= 4 is 21.4 Å². The number of aliphatic hydroxyl groups excluding tert-OH is 1. The van der Waals surface area contributed by atoms with Gasteiger partial charge in [-0.15, -0.1) is 11.3 Å². The smallest absolute Gasteiger partial charge is 0.0867 e. The Hall–Kier alpha value is -0.900. The number of benzene rings is 1. The summed E-state index contributed by atoms with van der Waals surface area (Å²) in [6, 6.07) is 8.24. The minimum atomic E-state index is -0.439. The molecule has 2 nitrogen and oxygen atoms in total. The fourth-order valence-corrected chi connectivity index (χ4v) is 3.16. The van der Waals surface area contributed by atoms with Gasteiger partial charge in [0.1, 0.15) is 0 Å². The third-order valence-electron chi connectivity index (χ3n) is 3.18. The van der Waals surface area contributed by atoms with E-state index >= 15 is 0 Å². The number of aliphatic hydroxyl groups is 1. The molecule has 0 fully saturated rings. The van der Waals surface area contributed by atoms with Gasteiger partial charge in [-0.1, -0.05) is 32.0 Å². The first kappa shape index (κ1) is 12.6. The van der Waals surface area contributed by atoms with Crippen LogP contribution in [0.25, 0.3) is 10.1 Å². The molecule has 0 aliphatic heterocycles. The molecule has 1 unspecified atom stereocenters. The van der Waals surface area contributed by atoms with E-state index in [0.29, 0.717) is 0 Å². The van der Waals surface area contributed by atoms with Gasteiger partial charge in [0.2, 0.25) is 0 Å². The fraction of sp³-hybridized carbons (Fsp3) is 0.429. The van der Waals surface area contributed by atoms with Crippen LogP contribution in [-0.2, 0) is 0 Å². The first-order valence-electron chi connectivity index (χ1n) is 5.85. The van der Waals surface area contributed by atoms with Crippen molar-refractivity contribution in [2.75, 3.05) is 13.6 Å². The summed E-state index contributed by atoms with van der Waals surface area (Å²) < 4.78 is 1.24. The largest absolute Gasteiger partial charge is 0.388 e. The quantitative estimate of drug-likeness (QED) is 0.872. The Morgan fingerprint density at radius 2 is 2.06 bits per heavy atom. The Balaban J connectivity index is 2.40. The zero-order valence-electron chi connectivity index (χ0n) is 10.5. The first-order chi connectivity index (χ1) is 8.06. The van der Waals surface area contributed by atoms with Crippen LogP contribution in [0.1, 0.15) is 25.5 Å². The molecule has 1 heterocycles. The Kier molecular flexibility index (Phi) is 3.52. The molecule has 1 aromatic carbocycles. The lowest BCUT2D eigenvalue weighted by Gasteiger charge is -2.30. The molecule has 0 radical (unpaired) electrons. The van der Waals surface area contributed by atoms with Gasteiger partial charge in [-0.05, 0) is 29.4 Å². The monoisotopic (exact) mass is 249 g/mol. The predicted octanol–water partition coefficient (Wildman–Crippen LogP) is 3.18. The fourth-order valence-electron chi connectivity index (χ4n) is 2.18. The number of rotatable bonds is 4. The molecule has 2 aromatic rings. The first-order valence-corrected chi connectivity index (χ1v) is 6.73. The topological polar surface area (TPSA) is 32.3 Å². The van der Waals surface area contributed by atoms with Gasteiger partial charge >= 0.3 is 0 Å². The number of fused-ring (bicyclic) bond motifs is 1. The zero-order valence-corrected chi connectivity index (χ0v) is 11.3. The molecule has 0 aliphatic carbocycles. The number of nitrogens with one attached hydrogen (secondary N) is 1. The SMILES string of the molecule is CNCC(C)(C)C(O)c1csc2ccccc12. The molecule has 2 N–H and O–H groups in total. The van der Waals surface area contributed by atoms with Crippen LogP contribution in [0.4, 0.5) is 0 Å². The Labute approximate surface area is 106 Å². The third kappa shape index (κ3) is 2.37. The van der Waals surface area contributed by atoms with Gasteiger partial charge in [-0.2, -0.15) is 0 Å². The molecule has 1 aromatic heterocycles. The van der Waals surface area contributed by atoms with Crippen LogP contribution in [0.15, 0.2) is 29.6 Å². The highest BCUT2D eigenvalue weighted by Crippen LogP contribution is 2.38. The van der Waals surface area contributed by atoms with Crippen LogP contribution in [0.5, 0.6) is 0 Å². The van der Waals surface area contributed by atoms with Gasteiger partial charge in [0, 0.05) is 16.7 Å². The van der Waals surface area contributed by atoms with Gasteiger partial charge in [-0.25, -0.2) is 0 Å². The van der Waals surface area contributed by atoms with Crippen molar-refractivity contribution in [1.82, 2.24) is 5.32 Å². The highest BCUT2D eigenvalue weighted by atomic mass is 32.1. The van der Waals surface area contributed by atoms with Crippen LogP contribution in [-0.4, -0.2) is 18.7 Å². The number of hydrogen-bond acceptors (Lipinski definition) is 3. The van der Waals surface area contributed by atoms with Gasteiger partial charge in [0.25, 0.3) is 0 Å². The van der Waals surface area contributed by atoms with E-state index < -0.39 is 6.10 Å². The van der Waals surface area contributed by atoms with Gasteiger partial charge in [0.15, 0.2) is 0 Å². The lowest BCUT2D eigenvalue weighted by atomic mass is 9.82. The molecule has 0 saturated carbocycles. The average molecular weight is 249 g/mol. The molecule has 0 bridgehead atoms. The molecule has 3 heteroatoms. The molecule has 2 rings (SSSR count). The van der Waals surface area contributed by atoms with E-state index in [1.165, 1.54) is 10.1 Å². The summed E-state index contributed by atoms with van der Waals surface area (Å²) >= 11 is 1.70. The lowest BCUT2D eigenvalue weighted by Crippen LogP contribution is -2.32. The van der Waals surface area contributed by atoms with Crippen molar-refractivity contribution in [3.05, 3.63) is 35.2 Å². The lowest BCUT2D eigenvalue weighted by molar-refractivity contribution is 0.0521. The van der Waals surface area contributed by atoms with Gasteiger partial charge in [-0.3, -0.25) is 0 Å². The Bertz CT molecular complexity index is 504. The summed E-state index contributed by atoms with van der Waals surface area (Å²) in [7, 11) is 1.92. The molecule has 0 amide bonds. The molecule has 0 aliphatic rings. The summed E-state index contributed by atoms with van der Waals surface area (Å²) in [5.41, 5.74) is 0.879. The summed E-state index contributed by atoms with van der Waals surface area (Å²) in [5, 5.41) is 16.9. The summed E-state index contributed by atoms with van der Waals surface area (Å²) in [6.07, 6.45) is -0.439. The second kappa shape index (κ2) is 4.77. The summed E-state index contributed by atoms with van der Waals surface area (Å²) in [5.74, 6) is 0. The summed E-state index contributed by atoms with van der Waals surface area (Å²) in [6.45, 7) is 4.96. The minimum Gasteiger partial charge on any atom is -0.388 e. The van der Waals surface area contributed by atoms with Crippen molar-refractivity contribution in [1.29, 1.82) is 0 Å². The highest BCUT2D eigenvalue weighted by molar-refractivity contribution is 7.17. The van der Waals surface area contributed by atoms with Crippen molar-refractivity contribution in [3.8, 4) is 0 Å². The molecular formula is C14H19NOS. The van der Waals surface area contributed by atoms with E-state index in [1.54, 1.807) is 11.3 Å². The van der Waals surface area contributed by atoms with Crippen molar-refractivity contribution < 1.29 is 5.11 Å². The van der Waals surface area contributed by atoms with Crippen LogP contribution in [0, 0.1) is 5.41 Å². The van der Waals surface area contributed by atoms with Crippen LogP contribution >= 0.6 is 11.3 Å². The maximum atomic E-state index is 10.5. The highest BCUT2D eigenvalue weighted by Gasteiger charge is 2.30. The van der Waals surface area contributed by atoms with Crippen molar-refractivity contribution in [2.24, 2.45) is 5.41 Å². The Morgan fingerprint density at radius 3 is 2.76 bits per heavy atom. The van der Waals surface area contributed by atoms with E-state index in [0.717, 1.165) is 12.1 Å². The van der Waals surface area contributed by atoms with E-state index in [4.69, 9.17) is 0 Å². The van der Waals surface area contributed by atoms with E-state index in [-0.39, 0.29) is 5.41 Å². The van der Waals surface area contributed by atoms with Crippen molar-refractivity contribution in [2.45, 2.75) is 20.0 Å². The molecule has 17 heavy (non-hydrogen) atoms. The standard InChI is InChI=1S/C14H19NOS/c1-14(2,9-15-3)13(16)11-8-17-12-7-5-4-6-10(11)12/h4-8,13,15-16H,9H2,1-3H3. The number of hydrogen-bond donors (Lipinski definition) is 2. The van der Waals surface area contributed by atoms with Crippen molar-refractivity contribution in [3.63, 3.8) is 0 Å². The molecule has 92 valence electrons. The maximum absolute atomic E-state index is 10.5. The van der Waals surface area contributed by atoms with Gasteiger partial charge in [0.05, 0.1) is 6.10 Å². The molecule has 0 spiro atoms. The normalized spacial score (nSPS) is 14.1. The second-order valence-corrected chi connectivity index (χ2v) is 6.02.